The Balaban J connectivity index is 2.13. The Morgan fingerprint density at radius 2 is 2.00 bits per heavy atom. The van der Waals surface area contributed by atoms with E-state index in [0.29, 0.717) is 17.7 Å². The van der Waals surface area contributed by atoms with Crippen molar-refractivity contribution in [2.24, 2.45) is 0 Å². The molecule has 116 valence electrons. The molecule has 0 atom stereocenters. The van der Waals surface area contributed by atoms with Crippen LogP contribution >= 0.6 is 0 Å². The average Bonchev–Trinajstić information content (AvgIpc) is 2.99. The van der Waals surface area contributed by atoms with Gasteiger partial charge in [0.05, 0.1) is 6.54 Å². The van der Waals surface area contributed by atoms with E-state index in [0.717, 1.165) is 25.9 Å². The van der Waals surface area contributed by atoms with Crippen LogP contribution in [0.5, 0.6) is 0 Å². The molecule has 21 heavy (non-hydrogen) atoms. The quantitative estimate of drug-likeness (QED) is 0.778. The van der Waals surface area contributed by atoms with E-state index < -0.39 is 0 Å². The smallest absolute Gasteiger partial charge is 0.246 e. The van der Waals surface area contributed by atoms with Crippen molar-refractivity contribution >= 4 is 17.8 Å². The monoisotopic (exact) mass is 294 g/mol. The van der Waals surface area contributed by atoms with Crippen molar-refractivity contribution in [2.75, 3.05) is 50.7 Å². The van der Waals surface area contributed by atoms with E-state index in [9.17, 15) is 4.79 Å². The highest BCUT2D eigenvalue weighted by Crippen LogP contribution is 2.17. The highest BCUT2D eigenvalue weighted by molar-refractivity contribution is 5.77. The fourth-order valence-electron chi connectivity index (χ4n) is 2.09. The van der Waals surface area contributed by atoms with E-state index in [1.54, 1.807) is 0 Å². The molecule has 1 aromatic rings. The van der Waals surface area contributed by atoms with Crippen LogP contribution in [0.15, 0.2) is 0 Å². The molecule has 2 rings (SSSR count). The van der Waals surface area contributed by atoms with Crippen LogP contribution in [-0.4, -0.2) is 61.8 Å². The maximum atomic E-state index is 11.4. The Morgan fingerprint density at radius 1 is 1.29 bits per heavy atom. The number of methoxy groups -OCH3 is 1. The molecule has 0 spiro atoms. The molecule has 0 aliphatic carbocycles. The Kier molecular flexibility index (Phi) is 5.26. The highest BCUT2D eigenvalue weighted by atomic mass is 16.5. The molecule has 0 unspecified atom stereocenters. The zero-order chi connectivity index (χ0) is 15.2. The minimum Gasteiger partial charge on any atom is -0.375 e. The van der Waals surface area contributed by atoms with Gasteiger partial charge in [-0.25, -0.2) is 0 Å². The van der Waals surface area contributed by atoms with Gasteiger partial charge in [0, 0.05) is 34.3 Å². The van der Waals surface area contributed by atoms with Gasteiger partial charge < -0.3 is 19.9 Å². The molecular weight excluding hydrogens is 272 g/mol. The molecule has 1 aliphatic rings. The van der Waals surface area contributed by atoms with Gasteiger partial charge in [-0.05, 0) is 12.8 Å². The van der Waals surface area contributed by atoms with E-state index in [-0.39, 0.29) is 19.1 Å². The number of rotatable bonds is 6. The molecule has 1 aliphatic heterocycles. The summed E-state index contributed by atoms with van der Waals surface area (Å²) in [4.78, 5) is 28.7. The van der Waals surface area contributed by atoms with Crippen LogP contribution in [0.2, 0.25) is 0 Å². The number of carbonyl (C=O) groups excluding carboxylic acids is 1. The van der Waals surface area contributed by atoms with Gasteiger partial charge in [-0.2, -0.15) is 15.0 Å². The topological polar surface area (TPSA) is 83.5 Å². The van der Waals surface area contributed by atoms with Crippen molar-refractivity contribution in [3.8, 4) is 0 Å². The third-order valence-corrected chi connectivity index (χ3v) is 3.17. The Hall–Kier alpha value is -1.96. The highest BCUT2D eigenvalue weighted by Gasteiger charge is 2.18. The summed E-state index contributed by atoms with van der Waals surface area (Å²) in [6.45, 7) is 2.23. The predicted octanol–water partition coefficient (Wildman–Crippen LogP) is -0.200. The number of aromatic nitrogens is 3. The van der Waals surface area contributed by atoms with Gasteiger partial charge in [-0.1, -0.05) is 0 Å². The molecule has 1 N–H and O–H groups in total. The molecule has 1 fully saturated rings. The zero-order valence-electron chi connectivity index (χ0n) is 12.8. The second-order valence-electron chi connectivity index (χ2n) is 5.15. The lowest BCUT2D eigenvalue weighted by Gasteiger charge is -2.18. The Bertz CT molecular complexity index is 488. The van der Waals surface area contributed by atoms with Crippen LogP contribution in [0.25, 0.3) is 0 Å². The first-order valence-electron chi connectivity index (χ1n) is 7.03. The second kappa shape index (κ2) is 7.16. The van der Waals surface area contributed by atoms with Crippen molar-refractivity contribution in [3.63, 3.8) is 0 Å². The van der Waals surface area contributed by atoms with Crippen LogP contribution in [0.4, 0.5) is 11.9 Å². The van der Waals surface area contributed by atoms with Crippen molar-refractivity contribution in [2.45, 2.75) is 19.4 Å². The number of carbonyl (C=O) groups is 1. The van der Waals surface area contributed by atoms with Crippen LogP contribution in [0, 0.1) is 0 Å². The van der Waals surface area contributed by atoms with Crippen molar-refractivity contribution in [1.29, 1.82) is 0 Å². The summed E-state index contributed by atoms with van der Waals surface area (Å²) in [5.41, 5.74) is 0. The minimum absolute atomic E-state index is 0.0323. The molecule has 8 heteroatoms. The number of nitrogens with zero attached hydrogens (tertiary/aromatic N) is 5. The standard InChI is InChI=1S/C13H22N6O2/c1-18(2)12-15-10(8-14-11(20)9-21-3)16-13(17-12)19-6-4-5-7-19/h4-9H2,1-3H3,(H,14,20). The van der Waals surface area contributed by atoms with Crippen molar-refractivity contribution in [3.05, 3.63) is 5.82 Å². The number of amides is 1. The summed E-state index contributed by atoms with van der Waals surface area (Å²) in [6.07, 6.45) is 2.31. The summed E-state index contributed by atoms with van der Waals surface area (Å²) < 4.78 is 4.78. The second-order valence-corrected chi connectivity index (χ2v) is 5.15. The van der Waals surface area contributed by atoms with Gasteiger partial charge in [-0.3, -0.25) is 4.79 Å². The first-order chi connectivity index (χ1) is 10.1. The van der Waals surface area contributed by atoms with Crippen LogP contribution in [0.1, 0.15) is 18.7 Å². The molecule has 0 bridgehead atoms. The van der Waals surface area contributed by atoms with Crippen LogP contribution in [0.3, 0.4) is 0 Å². The number of anilines is 2. The molecular formula is C13H22N6O2. The third kappa shape index (κ3) is 4.25. The average molecular weight is 294 g/mol. The molecule has 1 saturated heterocycles. The molecule has 8 nitrogen and oxygen atoms in total. The van der Waals surface area contributed by atoms with E-state index in [1.165, 1.54) is 7.11 Å². The first-order valence-corrected chi connectivity index (χ1v) is 7.03. The molecule has 2 heterocycles. The van der Waals surface area contributed by atoms with Gasteiger partial charge in [-0.15, -0.1) is 0 Å². The number of ether oxygens (including phenoxy) is 1. The van der Waals surface area contributed by atoms with E-state index >= 15 is 0 Å². The normalized spacial score (nSPS) is 14.3. The lowest BCUT2D eigenvalue weighted by Crippen LogP contribution is -2.29. The summed E-state index contributed by atoms with van der Waals surface area (Å²) in [5.74, 6) is 1.65. The SMILES string of the molecule is COCC(=O)NCc1nc(N(C)C)nc(N2CCCC2)n1. The number of hydrogen-bond donors (Lipinski definition) is 1. The predicted molar refractivity (Wildman–Crippen MR) is 79.3 cm³/mol. The summed E-state index contributed by atoms with van der Waals surface area (Å²) in [7, 11) is 5.25. The number of nitrogens with one attached hydrogen (secondary N) is 1. The Labute approximate surface area is 124 Å². The maximum Gasteiger partial charge on any atom is 0.246 e. The lowest BCUT2D eigenvalue weighted by molar-refractivity contribution is -0.124. The van der Waals surface area contributed by atoms with Crippen molar-refractivity contribution < 1.29 is 9.53 Å². The Morgan fingerprint density at radius 3 is 2.62 bits per heavy atom. The summed E-state index contributed by atoms with van der Waals surface area (Å²) in [6, 6.07) is 0. The fraction of sp³-hybridized carbons (Fsp3) is 0.692. The van der Waals surface area contributed by atoms with Crippen molar-refractivity contribution in [1.82, 2.24) is 20.3 Å². The number of hydrogen-bond acceptors (Lipinski definition) is 7. The lowest BCUT2D eigenvalue weighted by atomic mass is 10.4. The van der Waals surface area contributed by atoms with E-state index in [2.05, 4.69) is 25.2 Å². The molecule has 0 radical (unpaired) electrons. The zero-order valence-corrected chi connectivity index (χ0v) is 12.8. The molecule has 1 aromatic heterocycles. The largest absolute Gasteiger partial charge is 0.375 e. The molecule has 0 saturated carbocycles. The van der Waals surface area contributed by atoms with Gasteiger partial charge in [0.15, 0.2) is 5.82 Å². The van der Waals surface area contributed by atoms with Crippen LogP contribution < -0.4 is 15.1 Å². The van der Waals surface area contributed by atoms with Gasteiger partial charge in [0.2, 0.25) is 17.8 Å². The molecule has 1 amide bonds. The fourth-order valence-corrected chi connectivity index (χ4v) is 2.09. The van der Waals surface area contributed by atoms with Crippen LogP contribution in [-0.2, 0) is 16.1 Å². The summed E-state index contributed by atoms with van der Waals surface area (Å²) >= 11 is 0. The minimum atomic E-state index is -0.188. The first kappa shape index (κ1) is 15.4. The maximum absolute atomic E-state index is 11.4. The van der Waals surface area contributed by atoms with E-state index in [4.69, 9.17) is 4.74 Å². The van der Waals surface area contributed by atoms with Gasteiger partial charge in [0.1, 0.15) is 6.61 Å². The summed E-state index contributed by atoms with van der Waals surface area (Å²) in [5, 5.41) is 2.73. The van der Waals surface area contributed by atoms with Gasteiger partial charge in [0.25, 0.3) is 0 Å². The van der Waals surface area contributed by atoms with E-state index in [1.807, 2.05) is 19.0 Å². The van der Waals surface area contributed by atoms with Gasteiger partial charge >= 0.3 is 0 Å². The third-order valence-electron chi connectivity index (χ3n) is 3.17. The molecule has 0 aromatic carbocycles.